The maximum absolute atomic E-state index is 13.9. The third-order valence-corrected chi connectivity index (χ3v) is 6.14. The number of thioether (sulfide) groups is 1. The molecule has 1 fully saturated rings. The molecule has 34 heavy (non-hydrogen) atoms. The molecule has 4 amide bonds. The lowest BCUT2D eigenvalue weighted by Crippen LogP contribution is -2.50. The number of rotatable bonds is 7. The van der Waals surface area contributed by atoms with Gasteiger partial charge in [-0.05, 0) is 36.0 Å². The largest absolute Gasteiger partial charge is 0.477 e. The van der Waals surface area contributed by atoms with Gasteiger partial charge in [0.25, 0.3) is 17.1 Å². The van der Waals surface area contributed by atoms with Crippen LogP contribution in [0.1, 0.15) is 5.56 Å². The van der Waals surface area contributed by atoms with Gasteiger partial charge < -0.3 is 20.7 Å². The molecule has 0 aromatic heterocycles. The lowest BCUT2D eigenvalue weighted by atomic mass is 10.2. The molecule has 2 heterocycles. The van der Waals surface area contributed by atoms with Crippen molar-refractivity contribution in [1.82, 2.24) is 10.2 Å². The Kier molecular flexibility index (Phi) is 6.82. The van der Waals surface area contributed by atoms with Crippen molar-refractivity contribution < 1.29 is 28.3 Å². The molecule has 1 unspecified atom stereocenters. The maximum Gasteiger partial charge on any atom is 0.293 e. The summed E-state index contributed by atoms with van der Waals surface area (Å²) in [6.07, 6.45) is 0.448. The molecule has 2 aliphatic heterocycles. The van der Waals surface area contributed by atoms with Crippen molar-refractivity contribution in [2.45, 2.75) is 6.10 Å². The molecule has 4 rings (SSSR count). The fourth-order valence-corrected chi connectivity index (χ4v) is 4.42. The molecule has 0 spiro atoms. The Morgan fingerprint density at radius 3 is 2.68 bits per heavy atom. The number of amides is 4. The van der Waals surface area contributed by atoms with Crippen molar-refractivity contribution in [3.63, 3.8) is 0 Å². The zero-order valence-electron chi connectivity index (χ0n) is 17.9. The zero-order chi connectivity index (χ0) is 24.2. The molecule has 2 aromatic rings. The molecule has 2 aliphatic rings. The quantitative estimate of drug-likeness (QED) is 0.574. The van der Waals surface area contributed by atoms with E-state index in [0.717, 1.165) is 16.7 Å². The summed E-state index contributed by atoms with van der Waals surface area (Å²) in [5.41, 5.74) is 6.24. The van der Waals surface area contributed by atoms with E-state index in [1.165, 1.54) is 24.3 Å². The van der Waals surface area contributed by atoms with Crippen LogP contribution < -0.4 is 20.7 Å². The van der Waals surface area contributed by atoms with Gasteiger partial charge in [-0.1, -0.05) is 30.3 Å². The van der Waals surface area contributed by atoms with Crippen molar-refractivity contribution in [2.24, 2.45) is 5.73 Å². The van der Waals surface area contributed by atoms with Crippen LogP contribution in [0, 0.1) is 5.82 Å². The number of nitrogens with zero attached hydrogens (tertiary/aromatic N) is 2. The Balaban J connectivity index is 1.33. The van der Waals surface area contributed by atoms with Crippen molar-refractivity contribution in [3.05, 3.63) is 64.8 Å². The van der Waals surface area contributed by atoms with Gasteiger partial charge in [-0.25, -0.2) is 4.39 Å². The molecule has 9 nitrogen and oxygen atoms in total. The molecule has 1 saturated heterocycles. The van der Waals surface area contributed by atoms with Crippen LogP contribution in [0.2, 0.25) is 0 Å². The molecule has 2 aromatic carbocycles. The summed E-state index contributed by atoms with van der Waals surface area (Å²) in [4.78, 5) is 51.8. The second-order valence-corrected chi connectivity index (χ2v) is 8.56. The summed E-state index contributed by atoms with van der Waals surface area (Å²) >= 11 is 0.721. The number of halogens is 1. The average Bonchev–Trinajstić information content (AvgIpc) is 3.07. The fourth-order valence-electron chi connectivity index (χ4n) is 3.57. The third-order valence-electron chi connectivity index (χ3n) is 5.24. The third kappa shape index (κ3) is 5.04. The lowest BCUT2D eigenvalue weighted by molar-refractivity contribution is -0.125. The predicted octanol–water partition coefficient (Wildman–Crippen LogP) is 1.73. The van der Waals surface area contributed by atoms with E-state index in [1.54, 1.807) is 35.2 Å². The Bertz CT molecular complexity index is 1190. The highest BCUT2D eigenvalue weighted by Crippen LogP contribution is 2.33. The fraction of sp³-hybridized carbons (Fsp3) is 0.217. The van der Waals surface area contributed by atoms with E-state index in [9.17, 15) is 23.6 Å². The van der Waals surface area contributed by atoms with E-state index in [2.05, 4.69) is 5.32 Å². The predicted molar refractivity (Wildman–Crippen MR) is 124 cm³/mol. The van der Waals surface area contributed by atoms with Crippen LogP contribution in [0.3, 0.4) is 0 Å². The Labute approximate surface area is 198 Å². The molecular weight excluding hydrogens is 463 g/mol. The average molecular weight is 485 g/mol. The number of ether oxygens (including phenoxy) is 1. The van der Waals surface area contributed by atoms with Crippen molar-refractivity contribution in [1.29, 1.82) is 0 Å². The first kappa shape index (κ1) is 23.3. The summed E-state index contributed by atoms with van der Waals surface area (Å²) in [5.74, 6) is -1.59. The van der Waals surface area contributed by atoms with Gasteiger partial charge in [0.15, 0.2) is 6.10 Å². The van der Waals surface area contributed by atoms with Crippen LogP contribution in [-0.2, 0) is 14.4 Å². The Morgan fingerprint density at radius 2 is 1.91 bits per heavy atom. The van der Waals surface area contributed by atoms with E-state index < -0.39 is 29.0 Å². The first-order valence-corrected chi connectivity index (χ1v) is 11.2. The number of imide groups is 1. The molecule has 176 valence electrons. The SMILES string of the molecule is NC(=O)C1CN(CC(=O)NCCN2C(=O)S/C(=C/c3ccccc3F)C2=O)c2ccccc2O1. The van der Waals surface area contributed by atoms with E-state index >= 15 is 0 Å². The van der Waals surface area contributed by atoms with E-state index in [4.69, 9.17) is 10.5 Å². The van der Waals surface area contributed by atoms with Gasteiger partial charge in [0, 0.05) is 18.7 Å². The smallest absolute Gasteiger partial charge is 0.293 e. The number of nitrogens with one attached hydrogen (secondary N) is 1. The Morgan fingerprint density at radius 1 is 1.18 bits per heavy atom. The van der Waals surface area contributed by atoms with Gasteiger partial charge in [-0.2, -0.15) is 0 Å². The number of anilines is 1. The van der Waals surface area contributed by atoms with E-state index in [-0.39, 0.29) is 42.6 Å². The van der Waals surface area contributed by atoms with Crippen LogP contribution in [-0.4, -0.2) is 60.1 Å². The standard InChI is InChI=1S/C23H21FN4O5S/c24-15-6-2-1-5-14(15)11-19-22(31)28(23(32)34-19)10-9-26-20(29)13-27-12-18(21(25)30)33-17-8-4-3-7-16(17)27/h1-8,11,18H,9-10,12-13H2,(H2,25,30)(H,26,29)/b19-11+. The van der Waals surface area contributed by atoms with E-state index in [0.29, 0.717) is 11.4 Å². The monoisotopic (exact) mass is 484 g/mol. The highest BCUT2D eigenvalue weighted by molar-refractivity contribution is 8.18. The van der Waals surface area contributed by atoms with Gasteiger partial charge in [0.2, 0.25) is 5.91 Å². The van der Waals surface area contributed by atoms with Gasteiger partial charge in [-0.3, -0.25) is 24.1 Å². The second kappa shape index (κ2) is 9.96. The molecule has 3 N–H and O–H groups in total. The van der Waals surface area contributed by atoms with Gasteiger partial charge in [0.05, 0.1) is 23.7 Å². The molecule has 1 atom stereocenters. The summed E-state index contributed by atoms with van der Waals surface area (Å²) in [5, 5.41) is 2.18. The van der Waals surface area contributed by atoms with Gasteiger partial charge in [-0.15, -0.1) is 0 Å². The van der Waals surface area contributed by atoms with Gasteiger partial charge >= 0.3 is 0 Å². The molecule has 0 aliphatic carbocycles. The molecular formula is C23H21FN4O5S. The number of hydrogen-bond donors (Lipinski definition) is 2. The van der Waals surface area contributed by atoms with Crippen molar-refractivity contribution in [2.75, 3.05) is 31.1 Å². The Hall–Kier alpha value is -3.86. The number of primary amides is 1. The number of carbonyl (C=O) groups excluding carboxylic acids is 4. The summed E-state index contributed by atoms with van der Waals surface area (Å²) in [6, 6.07) is 12.9. The highest BCUT2D eigenvalue weighted by Gasteiger charge is 2.35. The number of nitrogens with two attached hydrogens (primary N) is 1. The van der Waals surface area contributed by atoms with Crippen LogP contribution in [0.15, 0.2) is 53.4 Å². The normalized spacial score (nSPS) is 18.6. The second-order valence-electron chi connectivity index (χ2n) is 7.56. The van der Waals surface area contributed by atoms with Crippen molar-refractivity contribution >= 4 is 46.5 Å². The minimum atomic E-state index is -0.890. The molecule has 11 heteroatoms. The molecule has 0 bridgehead atoms. The minimum absolute atomic E-state index is 0.0331. The summed E-state index contributed by atoms with van der Waals surface area (Å²) in [7, 11) is 0. The highest BCUT2D eigenvalue weighted by atomic mass is 32.2. The number of hydrogen-bond acceptors (Lipinski definition) is 7. The first-order valence-electron chi connectivity index (χ1n) is 10.4. The number of benzene rings is 2. The van der Waals surface area contributed by atoms with Crippen molar-refractivity contribution in [3.8, 4) is 5.75 Å². The maximum atomic E-state index is 13.9. The van der Waals surface area contributed by atoms with E-state index in [1.807, 2.05) is 0 Å². The van der Waals surface area contributed by atoms with Crippen LogP contribution in [0.25, 0.3) is 6.08 Å². The topological polar surface area (TPSA) is 122 Å². The summed E-state index contributed by atoms with van der Waals surface area (Å²) < 4.78 is 19.4. The number of carbonyl (C=O) groups is 4. The first-order chi connectivity index (χ1) is 16.3. The van der Waals surface area contributed by atoms with Gasteiger partial charge in [0.1, 0.15) is 11.6 Å². The molecule has 0 saturated carbocycles. The minimum Gasteiger partial charge on any atom is -0.477 e. The van der Waals surface area contributed by atoms with Crippen LogP contribution >= 0.6 is 11.8 Å². The van der Waals surface area contributed by atoms with Crippen LogP contribution in [0.5, 0.6) is 5.75 Å². The van der Waals surface area contributed by atoms with Crippen LogP contribution in [0.4, 0.5) is 14.9 Å². The summed E-state index contributed by atoms with van der Waals surface area (Å²) in [6.45, 7) is 0.0483. The zero-order valence-corrected chi connectivity index (χ0v) is 18.7. The number of fused-ring (bicyclic) bond motifs is 1. The number of para-hydroxylation sites is 2. The molecule has 0 radical (unpaired) electrons. The lowest BCUT2D eigenvalue weighted by Gasteiger charge is -2.34.